The van der Waals surface area contributed by atoms with Crippen molar-refractivity contribution in [3.8, 4) is 0 Å². The number of amides is 2. The van der Waals surface area contributed by atoms with E-state index in [1.54, 1.807) is 12.1 Å². The minimum Gasteiger partial charge on any atom is -0.352 e. The van der Waals surface area contributed by atoms with Crippen LogP contribution in [0.2, 0.25) is 0 Å². The number of carbonyl (C=O) groups is 2. The molecule has 0 bridgehead atoms. The third kappa shape index (κ3) is 4.68. The molecule has 120 valence electrons. The highest BCUT2D eigenvalue weighted by Gasteiger charge is 2.10. The zero-order valence-electron chi connectivity index (χ0n) is 13.7. The average molecular weight is 310 g/mol. The lowest BCUT2D eigenvalue weighted by molar-refractivity contribution is -0.119. The van der Waals surface area contributed by atoms with E-state index < -0.39 is 0 Å². The van der Waals surface area contributed by atoms with Crippen LogP contribution >= 0.6 is 0 Å². The van der Waals surface area contributed by atoms with Gasteiger partial charge in [0.25, 0.3) is 5.91 Å². The normalized spacial score (nSPS) is 10.4. The van der Waals surface area contributed by atoms with Crippen molar-refractivity contribution in [1.82, 2.24) is 5.32 Å². The molecule has 4 heteroatoms. The van der Waals surface area contributed by atoms with E-state index in [1.807, 2.05) is 36.4 Å². The first kappa shape index (κ1) is 16.7. The second-order valence-corrected chi connectivity index (χ2v) is 5.80. The topological polar surface area (TPSA) is 58.2 Å². The molecule has 0 aromatic heterocycles. The summed E-state index contributed by atoms with van der Waals surface area (Å²) in [7, 11) is 0. The maximum atomic E-state index is 12.4. The zero-order valence-corrected chi connectivity index (χ0v) is 13.7. The average Bonchev–Trinajstić information content (AvgIpc) is 2.53. The molecule has 2 aromatic carbocycles. The Bertz CT molecular complexity index is 691. The molecule has 0 fully saturated rings. The fourth-order valence-corrected chi connectivity index (χ4v) is 2.31. The predicted molar refractivity (Wildman–Crippen MR) is 92.4 cm³/mol. The van der Waals surface area contributed by atoms with Crippen LogP contribution in [-0.4, -0.2) is 11.8 Å². The molecule has 0 aliphatic carbocycles. The standard InChI is InChI=1S/C19H22N2O2/c1-13(2)17-6-4-5-7-18(17)21-19(23)16-10-8-15(9-11-16)12-20-14(3)22/h4-11,13H,12H2,1-3H3,(H,20,22)(H,21,23). The second kappa shape index (κ2) is 7.58. The summed E-state index contributed by atoms with van der Waals surface area (Å²) in [6.45, 7) is 6.14. The highest BCUT2D eigenvalue weighted by Crippen LogP contribution is 2.24. The van der Waals surface area contributed by atoms with Crippen LogP contribution in [0.5, 0.6) is 0 Å². The van der Waals surface area contributed by atoms with Crippen molar-refractivity contribution in [3.05, 3.63) is 65.2 Å². The number of benzene rings is 2. The van der Waals surface area contributed by atoms with Crippen molar-refractivity contribution in [2.24, 2.45) is 0 Å². The molecule has 0 unspecified atom stereocenters. The van der Waals surface area contributed by atoms with Gasteiger partial charge in [-0.05, 0) is 35.2 Å². The molecule has 0 saturated carbocycles. The maximum absolute atomic E-state index is 12.4. The Morgan fingerprint density at radius 3 is 2.26 bits per heavy atom. The van der Waals surface area contributed by atoms with Crippen LogP contribution in [0.4, 0.5) is 5.69 Å². The van der Waals surface area contributed by atoms with Gasteiger partial charge >= 0.3 is 0 Å². The molecule has 0 saturated heterocycles. The summed E-state index contributed by atoms with van der Waals surface area (Å²) in [5, 5.41) is 5.70. The smallest absolute Gasteiger partial charge is 0.255 e. The molecule has 0 heterocycles. The Kier molecular flexibility index (Phi) is 5.52. The zero-order chi connectivity index (χ0) is 16.8. The first-order valence-corrected chi connectivity index (χ1v) is 7.71. The third-order valence-corrected chi connectivity index (χ3v) is 3.59. The third-order valence-electron chi connectivity index (χ3n) is 3.59. The van der Waals surface area contributed by atoms with Gasteiger partial charge in [0.05, 0.1) is 0 Å². The highest BCUT2D eigenvalue weighted by molar-refractivity contribution is 6.04. The van der Waals surface area contributed by atoms with Gasteiger partial charge in [-0.15, -0.1) is 0 Å². The number of anilines is 1. The molecule has 23 heavy (non-hydrogen) atoms. The van der Waals surface area contributed by atoms with Gasteiger partial charge in [-0.1, -0.05) is 44.2 Å². The Balaban J connectivity index is 2.08. The molecule has 4 nitrogen and oxygen atoms in total. The van der Waals surface area contributed by atoms with Gasteiger partial charge in [0.2, 0.25) is 5.91 Å². The Labute approximate surface area is 136 Å². The van der Waals surface area contributed by atoms with Gasteiger partial charge in [0, 0.05) is 24.7 Å². The molecule has 0 aliphatic heterocycles. The lowest BCUT2D eigenvalue weighted by Gasteiger charge is -2.13. The minimum absolute atomic E-state index is 0.0721. The van der Waals surface area contributed by atoms with E-state index >= 15 is 0 Å². The number of para-hydroxylation sites is 1. The molecule has 2 aromatic rings. The first-order chi connectivity index (χ1) is 11.0. The van der Waals surface area contributed by atoms with Gasteiger partial charge in [0.15, 0.2) is 0 Å². The van der Waals surface area contributed by atoms with Crippen molar-refractivity contribution in [1.29, 1.82) is 0 Å². The molecule has 0 aliphatic rings. The van der Waals surface area contributed by atoms with E-state index in [1.165, 1.54) is 6.92 Å². The number of hydrogen-bond donors (Lipinski definition) is 2. The Morgan fingerprint density at radius 2 is 1.65 bits per heavy atom. The summed E-state index contributed by atoms with van der Waals surface area (Å²) >= 11 is 0. The van der Waals surface area contributed by atoms with Crippen LogP contribution in [0.1, 0.15) is 48.2 Å². The molecular weight excluding hydrogens is 288 g/mol. The number of rotatable bonds is 5. The lowest BCUT2D eigenvalue weighted by Crippen LogP contribution is -2.19. The number of hydrogen-bond acceptors (Lipinski definition) is 2. The van der Waals surface area contributed by atoms with Crippen molar-refractivity contribution >= 4 is 17.5 Å². The fraction of sp³-hybridized carbons (Fsp3) is 0.263. The molecule has 0 radical (unpaired) electrons. The summed E-state index contributed by atoms with van der Waals surface area (Å²) in [5.74, 6) is 0.132. The summed E-state index contributed by atoms with van der Waals surface area (Å²) in [6.07, 6.45) is 0. The van der Waals surface area contributed by atoms with Crippen molar-refractivity contribution < 1.29 is 9.59 Å². The van der Waals surface area contributed by atoms with Crippen molar-refractivity contribution in [2.75, 3.05) is 5.32 Å². The largest absolute Gasteiger partial charge is 0.352 e. The number of nitrogens with one attached hydrogen (secondary N) is 2. The molecule has 2 rings (SSSR count). The van der Waals surface area contributed by atoms with Crippen LogP contribution in [0, 0.1) is 0 Å². The van der Waals surface area contributed by atoms with Crippen LogP contribution in [-0.2, 0) is 11.3 Å². The summed E-state index contributed by atoms with van der Waals surface area (Å²) < 4.78 is 0. The lowest BCUT2D eigenvalue weighted by atomic mass is 10.0. The van der Waals surface area contributed by atoms with Crippen LogP contribution in [0.15, 0.2) is 48.5 Å². The molecule has 2 amide bonds. The molecule has 0 spiro atoms. The quantitative estimate of drug-likeness (QED) is 0.884. The maximum Gasteiger partial charge on any atom is 0.255 e. The number of carbonyl (C=O) groups excluding carboxylic acids is 2. The van der Waals surface area contributed by atoms with Crippen molar-refractivity contribution in [3.63, 3.8) is 0 Å². The van der Waals surface area contributed by atoms with E-state index in [0.717, 1.165) is 16.8 Å². The van der Waals surface area contributed by atoms with E-state index in [4.69, 9.17) is 0 Å². The molecule has 0 atom stereocenters. The summed E-state index contributed by atoms with van der Waals surface area (Å²) in [6, 6.07) is 15.1. The van der Waals surface area contributed by atoms with Gasteiger partial charge in [0.1, 0.15) is 0 Å². The van der Waals surface area contributed by atoms with Gasteiger partial charge in [-0.25, -0.2) is 0 Å². The van der Waals surface area contributed by atoms with E-state index in [0.29, 0.717) is 18.0 Å². The second-order valence-electron chi connectivity index (χ2n) is 5.80. The first-order valence-electron chi connectivity index (χ1n) is 7.71. The van der Waals surface area contributed by atoms with Gasteiger partial charge < -0.3 is 10.6 Å². The Hall–Kier alpha value is -2.62. The van der Waals surface area contributed by atoms with Crippen molar-refractivity contribution in [2.45, 2.75) is 33.2 Å². The van der Waals surface area contributed by atoms with E-state index in [-0.39, 0.29) is 11.8 Å². The van der Waals surface area contributed by atoms with Crippen LogP contribution < -0.4 is 10.6 Å². The molecule has 2 N–H and O–H groups in total. The van der Waals surface area contributed by atoms with Gasteiger partial charge in [-0.2, -0.15) is 0 Å². The monoisotopic (exact) mass is 310 g/mol. The van der Waals surface area contributed by atoms with Crippen LogP contribution in [0.25, 0.3) is 0 Å². The van der Waals surface area contributed by atoms with Crippen LogP contribution in [0.3, 0.4) is 0 Å². The fourth-order valence-electron chi connectivity index (χ4n) is 2.31. The van der Waals surface area contributed by atoms with E-state index in [9.17, 15) is 9.59 Å². The Morgan fingerprint density at radius 1 is 1.00 bits per heavy atom. The molecular formula is C19H22N2O2. The highest BCUT2D eigenvalue weighted by atomic mass is 16.2. The van der Waals surface area contributed by atoms with E-state index in [2.05, 4.69) is 24.5 Å². The minimum atomic E-state index is -0.135. The van der Waals surface area contributed by atoms with Gasteiger partial charge in [-0.3, -0.25) is 9.59 Å². The predicted octanol–water partition coefficient (Wildman–Crippen LogP) is 3.70. The summed E-state index contributed by atoms with van der Waals surface area (Å²) in [5.41, 5.74) is 3.51. The summed E-state index contributed by atoms with van der Waals surface area (Å²) in [4.78, 5) is 23.3. The SMILES string of the molecule is CC(=O)NCc1ccc(C(=O)Nc2ccccc2C(C)C)cc1.